The van der Waals surface area contributed by atoms with Crippen molar-refractivity contribution in [3.8, 4) is 0 Å². The van der Waals surface area contributed by atoms with Gasteiger partial charge in [-0.15, -0.1) is 4.83 Å². The molecule has 0 radical (unpaired) electrons. The zero-order valence-electron chi connectivity index (χ0n) is 12.8. The van der Waals surface area contributed by atoms with Gasteiger partial charge in [-0.1, -0.05) is 0 Å². The maximum atomic E-state index is 12.2. The second kappa shape index (κ2) is 7.23. The minimum absolute atomic E-state index is 0.0263. The Hall–Kier alpha value is -2.13. The Morgan fingerprint density at radius 2 is 1.73 bits per heavy atom. The normalized spacial score (nSPS) is 10.9. The molecule has 0 aliphatic carbocycles. The number of hydrogen-bond acceptors (Lipinski definition) is 5. The molecule has 0 saturated carbocycles. The van der Waals surface area contributed by atoms with Crippen LogP contribution < -0.4 is 15.6 Å². The molecule has 122 valence electrons. The van der Waals surface area contributed by atoms with Crippen molar-refractivity contribution in [3.63, 3.8) is 0 Å². The van der Waals surface area contributed by atoms with E-state index in [2.05, 4.69) is 10.1 Å². The summed E-state index contributed by atoms with van der Waals surface area (Å²) in [5, 5.41) is 2.59. The summed E-state index contributed by atoms with van der Waals surface area (Å²) in [4.78, 5) is 24.2. The van der Waals surface area contributed by atoms with Gasteiger partial charge in [-0.25, -0.2) is 18.6 Å². The summed E-state index contributed by atoms with van der Waals surface area (Å²) in [5.74, 6) is -0.253. The highest BCUT2D eigenvalue weighted by Gasteiger charge is 2.21. The van der Waals surface area contributed by atoms with Gasteiger partial charge in [0.05, 0.1) is 11.5 Å². The topological polar surface area (TPSA) is 114 Å². The van der Waals surface area contributed by atoms with Crippen molar-refractivity contribution >= 4 is 27.7 Å². The van der Waals surface area contributed by atoms with Crippen molar-refractivity contribution in [2.45, 2.75) is 32.6 Å². The first kappa shape index (κ1) is 17.9. The van der Waals surface area contributed by atoms with Gasteiger partial charge in [0, 0.05) is 12.6 Å². The number of carbonyl (C=O) groups excluding carboxylic acids is 2. The first-order valence-electron chi connectivity index (χ1n) is 6.50. The third-order valence-corrected chi connectivity index (χ3v) is 4.16. The highest BCUT2D eigenvalue weighted by atomic mass is 32.2. The van der Waals surface area contributed by atoms with Crippen LogP contribution in [-0.2, 0) is 19.6 Å². The van der Waals surface area contributed by atoms with Gasteiger partial charge in [-0.05, 0) is 44.0 Å². The van der Waals surface area contributed by atoms with Crippen LogP contribution in [0.15, 0.2) is 17.0 Å². The first-order valence-corrected chi connectivity index (χ1v) is 7.99. The maximum Gasteiger partial charge on any atom is 0.422 e. The van der Waals surface area contributed by atoms with E-state index in [0.29, 0.717) is 16.8 Å². The van der Waals surface area contributed by atoms with E-state index in [0.717, 1.165) is 0 Å². The monoisotopic (exact) mass is 329 g/mol. The molecule has 0 aromatic heterocycles. The Labute approximate surface area is 129 Å². The number of rotatable bonds is 5. The SMILES string of the molecule is CCOC(=O)NNS(=O)(=O)c1c(C)cc(NC(C)=O)cc1C. The van der Waals surface area contributed by atoms with E-state index in [9.17, 15) is 18.0 Å². The Morgan fingerprint density at radius 3 is 2.18 bits per heavy atom. The molecule has 0 unspecified atom stereocenters. The van der Waals surface area contributed by atoms with E-state index in [-0.39, 0.29) is 17.4 Å². The van der Waals surface area contributed by atoms with Gasteiger partial charge >= 0.3 is 6.09 Å². The number of aryl methyl sites for hydroxylation is 2. The summed E-state index contributed by atoms with van der Waals surface area (Å²) in [6.45, 7) is 6.27. The van der Waals surface area contributed by atoms with Gasteiger partial charge in [-0.3, -0.25) is 4.79 Å². The van der Waals surface area contributed by atoms with Crippen molar-refractivity contribution in [3.05, 3.63) is 23.3 Å². The summed E-state index contributed by atoms with van der Waals surface area (Å²) in [5.41, 5.74) is 3.32. The Balaban J connectivity index is 3.04. The van der Waals surface area contributed by atoms with Crippen LogP contribution in [-0.4, -0.2) is 27.0 Å². The van der Waals surface area contributed by atoms with E-state index in [4.69, 9.17) is 0 Å². The quantitative estimate of drug-likeness (QED) is 0.702. The first-order chi connectivity index (χ1) is 10.2. The van der Waals surface area contributed by atoms with Crippen molar-refractivity contribution in [1.29, 1.82) is 0 Å². The molecule has 0 aliphatic rings. The number of ether oxygens (including phenoxy) is 1. The van der Waals surface area contributed by atoms with Crippen molar-refractivity contribution in [2.75, 3.05) is 11.9 Å². The minimum Gasteiger partial charge on any atom is -0.449 e. The van der Waals surface area contributed by atoms with Gasteiger partial charge in [-0.2, -0.15) is 0 Å². The fraction of sp³-hybridized carbons (Fsp3) is 0.385. The minimum atomic E-state index is -3.95. The molecule has 0 bridgehead atoms. The summed E-state index contributed by atoms with van der Waals surface area (Å²) in [6, 6.07) is 3.07. The van der Waals surface area contributed by atoms with Crippen LogP contribution in [0, 0.1) is 13.8 Å². The molecule has 1 aromatic carbocycles. The zero-order valence-corrected chi connectivity index (χ0v) is 13.6. The molecule has 0 heterocycles. The number of hydrazine groups is 1. The predicted octanol–water partition coefficient (Wildman–Crippen LogP) is 1.20. The van der Waals surface area contributed by atoms with Gasteiger partial charge in [0.15, 0.2) is 0 Å². The van der Waals surface area contributed by atoms with Gasteiger partial charge in [0.2, 0.25) is 5.91 Å². The van der Waals surface area contributed by atoms with E-state index in [1.807, 2.05) is 10.3 Å². The van der Waals surface area contributed by atoms with Crippen LogP contribution >= 0.6 is 0 Å². The molecule has 8 nitrogen and oxygen atoms in total. The standard InChI is InChI=1S/C13H19N3O5S/c1-5-21-13(18)15-16-22(19,20)12-8(2)6-11(7-9(12)3)14-10(4)17/h6-7,16H,5H2,1-4H3,(H,14,17)(H,15,18). The number of sulfonamides is 1. The van der Waals surface area contributed by atoms with Crippen molar-refractivity contribution in [1.82, 2.24) is 10.3 Å². The van der Waals surface area contributed by atoms with E-state index in [1.165, 1.54) is 19.1 Å². The molecule has 0 fully saturated rings. The Bertz CT molecular complexity index is 662. The molecule has 0 aliphatic heterocycles. The second-order valence-corrected chi connectivity index (χ2v) is 6.19. The van der Waals surface area contributed by atoms with Crippen molar-refractivity contribution in [2.24, 2.45) is 0 Å². The van der Waals surface area contributed by atoms with E-state index < -0.39 is 16.1 Å². The lowest BCUT2D eigenvalue weighted by molar-refractivity contribution is -0.114. The summed E-state index contributed by atoms with van der Waals surface area (Å²) in [6.07, 6.45) is -0.892. The average Bonchev–Trinajstić information content (AvgIpc) is 2.34. The van der Waals surface area contributed by atoms with Crippen LogP contribution in [0.25, 0.3) is 0 Å². The van der Waals surface area contributed by atoms with Crippen molar-refractivity contribution < 1.29 is 22.7 Å². The zero-order chi connectivity index (χ0) is 16.9. The van der Waals surface area contributed by atoms with Crippen LogP contribution in [0.3, 0.4) is 0 Å². The Kier molecular flexibility index (Phi) is 5.89. The lowest BCUT2D eigenvalue weighted by atomic mass is 10.1. The van der Waals surface area contributed by atoms with Gasteiger partial charge < -0.3 is 10.1 Å². The van der Waals surface area contributed by atoms with Crippen LogP contribution in [0.2, 0.25) is 0 Å². The molecule has 0 atom stereocenters. The number of hydrogen-bond donors (Lipinski definition) is 3. The van der Waals surface area contributed by atoms with Gasteiger partial charge in [0.25, 0.3) is 10.0 Å². The molecule has 0 saturated heterocycles. The number of anilines is 1. The third-order valence-electron chi connectivity index (χ3n) is 2.61. The van der Waals surface area contributed by atoms with E-state index in [1.54, 1.807) is 20.8 Å². The number of benzene rings is 1. The van der Waals surface area contributed by atoms with Crippen LogP contribution in [0.1, 0.15) is 25.0 Å². The third kappa shape index (κ3) is 4.71. The molecule has 3 N–H and O–H groups in total. The highest BCUT2D eigenvalue weighted by molar-refractivity contribution is 7.89. The lowest BCUT2D eigenvalue weighted by Gasteiger charge is -2.14. The van der Waals surface area contributed by atoms with Crippen LogP contribution in [0.4, 0.5) is 10.5 Å². The molecule has 0 spiro atoms. The maximum absolute atomic E-state index is 12.2. The fourth-order valence-electron chi connectivity index (χ4n) is 1.98. The molecule has 9 heteroatoms. The predicted molar refractivity (Wildman–Crippen MR) is 80.7 cm³/mol. The lowest BCUT2D eigenvalue weighted by Crippen LogP contribution is -2.42. The second-order valence-electron chi connectivity index (χ2n) is 4.57. The highest BCUT2D eigenvalue weighted by Crippen LogP contribution is 2.24. The van der Waals surface area contributed by atoms with Gasteiger partial charge in [0.1, 0.15) is 0 Å². The smallest absolute Gasteiger partial charge is 0.422 e. The van der Waals surface area contributed by atoms with E-state index >= 15 is 0 Å². The van der Waals surface area contributed by atoms with Crippen LogP contribution in [0.5, 0.6) is 0 Å². The number of carbonyl (C=O) groups is 2. The fourth-order valence-corrected chi connectivity index (χ4v) is 3.26. The summed E-state index contributed by atoms with van der Waals surface area (Å²) < 4.78 is 29.1. The molecule has 1 aromatic rings. The number of nitrogens with one attached hydrogen (secondary N) is 3. The molecular formula is C13H19N3O5S. The number of amides is 2. The molecule has 2 amide bonds. The summed E-state index contributed by atoms with van der Waals surface area (Å²) in [7, 11) is -3.95. The Morgan fingerprint density at radius 1 is 1.18 bits per heavy atom. The largest absolute Gasteiger partial charge is 0.449 e. The summed E-state index contributed by atoms with van der Waals surface area (Å²) >= 11 is 0. The average molecular weight is 329 g/mol. The molecule has 22 heavy (non-hydrogen) atoms. The molecular weight excluding hydrogens is 310 g/mol. The molecule has 1 rings (SSSR count).